The molecule has 0 saturated heterocycles. The number of benzene rings is 1. The van der Waals surface area contributed by atoms with Crippen molar-refractivity contribution in [3.63, 3.8) is 0 Å². The average molecular weight is 287 g/mol. The van der Waals surface area contributed by atoms with Crippen LogP contribution in [0.2, 0.25) is 0 Å². The molecule has 0 aliphatic heterocycles. The molecule has 1 aromatic heterocycles. The maximum atomic E-state index is 5.34. The van der Waals surface area contributed by atoms with Crippen LogP contribution >= 0.6 is 0 Å². The van der Waals surface area contributed by atoms with Crippen molar-refractivity contribution in [3.05, 3.63) is 53.3 Å². The second kappa shape index (κ2) is 7.71. The molecule has 1 heterocycles. The molecule has 0 aliphatic carbocycles. The SMILES string of the molecule is COCc1cc(C(C)NCc2cccnn2)ccc1OC. The summed E-state index contributed by atoms with van der Waals surface area (Å²) < 4.78 is 10.6. The van der Waals surface area contributed by atoms with Crippen LogP contribution in [0.1, 0.15) is 29.8 Å². The first kappa shape index (κ1) is 15.4. The Hall–Kier alpha value is -1.98. The summed E-state index contributed by atoms with van der Waals surface area (Å²) in [5.41, 5.74) is 3.16. The number of aromatic nitrogens is 2. The second-order valence-corrected chi connectivity index (χ2v) is 4.82. The van der Waals surface area contributed by atoms with Crippen LogP contribution in [-0.2, 0) is 17.9 Å². The highest BCUT2D eigenvalue weighted by molar-refractivity contribution is 5.38. The number of ether oxygens (including phenoxy) is 2. The summed E-state index contributed by atoms with van der Waals surface area (Å²) in [6.07, 6.45) is 1.67. The van der Waals surface area contributed by atoms with Gasteiger partial charge in [-0.2, -0.15) is 10.2 Å². The van der Waals surface area contributed by atoms with Gasteiger partial charge in [0.2, 0.25) is 0 Å². The van der Waals surface area contributed by atoms with Gasteiger partial charge in [-0.1, -0.05) is 6.07 Å². The van der Waals surface area contributed by atoms with Crippen molar-refractivity contribution in [2.45, 2.75) is 26.1 Å². The maximum Gasteiger partial charge on any atom is 0.124 e. The van der Waals surface area contributed by atoms with Crippen molar-refractivity contribution in [2.75, 3.05) is 14.2 Å². The molecule has 1 N–H and O–H groups in total. The van der Waals surface area contributed by atoms with Crippen LogP contribution < -0.4 is 10.1 Å². The van der Waals surface area contributed by atoms with E-state index in [2.05, 4.69) is 34.6 Å². The Balaban J connectivity index is 2.04. The highest BCUT2D eigenvalue weighted by Crippen LogP contribution is 2.24. The lowest BCUT2D eigenvalue weighted by Crippen LogP contribution is -2.19. The fraction of sp³-hybridized carbons (Fsp3) is 0.375. The summed E-state index contributed by atoms with van der Waals surface area (Å²) in [4.78, 5) is 0. The van der Waals surface area contributed by atoms with Crippen molar-refractivity contribution >= 4 is 0 Å². The Kier molecular flexibility index (Phi) is 5.66. The molecule has 2 aromatic rings. The minimum atomic E-state index is 0.202. The molecule has 21 heavy (non-hydrogen) atoms. The van der Waals surface area contributed by atoms with Crippen LogP contribution in [-0.4, -0.2) is 24.4 Å². The second-order valence-electron chi connectivity index (χ2n) is 4.82. The van der Waals surface area contributed by atoms with Gasteiger partial charge < -0.3 is 14.8 Å². The molecular weight excluding hydrogens is 266 g/mol. The molecule has 0 radical (unpaired) electrons. The summed E-state index contributed by atoms with van der Waals surface area (Å²) in [6, 6.07) is 10.2. The van der Waals surface area contributed by atoms with E-state index in [-0.39, 0.29) is 6.04 Å². The van der Waals surface area contributed by atoms with Crippen molar-refractivity contribution in [1.82, 2.24) is 15.5 Å². The monoisotopic (exact) mass is 287 g/mol. The van der Waals surface area contributed by atoms with Crippen molar-refractivity contribution in [2.24, 2.45) is 0 Å². The largest absolute Gasteiger partial charge is 0.496 e. The topological polar surface area (TPSA) is 56.3 Å². The molecule has 1 atom stereocenters. The Morgan fingerprint density at radius 3 is 2.76 bits per heavy atom. The summed E-state index contributed by atoms with van der Waals surface area (Å²) in [7, 11) is 3.35. The molecule has 2 rings (SSSR count). The van der Waals surface area contributed by atoms with Gasteiger partial charge in [0.1, 0.15) is 5.75 Å². The molecule has 0 saturated carbocycles. The van der Waals surface area contributed by atoms with Gasteiger partial charge in [-0.05, 0) is 36.8 Å². The molecule has 0 amide bonds. The molecule has 1 unspecified atom stereocenters. The highest BCUT2D eigenvalue weighted by Gasteiger charge is 2.09. The van der Waals surface area contributed by atoms with E-state index in [1.165, 1.54) is 5.56 Å². The van der Waals surface area contributed by atoms with Gasteiger partial charge in [0.25, 0.3) is 0 Å². The normalized spacial score (nSPS) is 12.1. The van der Waals surface area contributed by atoms with Gasteiger partial charge in [0.05, 0.1) is 19.4 Å². The van der Waals surface area contributed by atoms with E-state index in [1.54, 1.807) is 20.4 Å². The third-order valence-electron chi connectivity index (χ3n) is 3.32. The van der Waals surface area contributed by atoms with E-state index in [4.69, 9.17) is 9.47 Å². The van der Waals surface area contributed by atoms with Crippen LogP contribution in [0.25, 0.3) is 0 Å². The molecule has 5 nitrogen and oxygen atoms in total. The van der Waals surface area contributed by atoms with Gasteiger partial charge in [0, 0.05) is 31.5 Å². The number of nitrogens with one attached hydrogen (secondary N) is 1. The van der Waals surface area contributed by atoms with Crippen molar-refractivity contribution < 1.29 is 9.47 Å². The minimum absolute atomic E-state index is 0.202. The predicted octanol–water partition coefficient (Wildman–Crippen LogP) is 2.48. The number of hydrogen-bond acceptors (Lipinski definition) is 5. The standard InChI is InChI=1S/C16H21N3O2/c1-12(17-10-15-5-4-8-18-19-15)13-6-7-16(21-3)14(9-13)11-20-2/h4-9,12,17H,10-11H2,1-3H3. The number of hydrogen-bond donors (Lipinski definition) is 1. The molecule has 0 spiro atoms. The summed E-state index contributed by atoms with van der Waals surface area (Å²) in [5.74, 6) is 0.849. The first-order valence-corrected chi connectivity index (χ1v) is 6.90. The zero-order valence-corrected chi connectivity index (χ0v) is 12.7. The summed E-state index contributed by atoms with van der Waals surface area (Å²) in [5, 5.41) is 11.4. The predicted molar refractivity (Wildman–Crippen MR) is 81.0 cm³/mol. The average Bonchev–Trinajstić information content (AvgIpc) is 2.54. The minimum Gasteiger partial charge on any atom is -0.496 e. The number of methoxy groups -OCH3 is 2. The first-order chi connectivity index (χ1) is 10.2. The fourth-order valence-electron chi connectivity index (χ4n) is 2.14. The van der Waals surface area contributed by atoms with E-state index in [0.717, 1.165) is 17.0 Å². The Labute approximate surface area is 125 Å². The molecule has 5 heteroatoms. The van der Waals surface area contributed by atoms with E-state index >= 15 is 0 Å². The molecule has 0 bridgehead atoms. The quantitative estimate of drug-likeness (QED) is 0.848. The van der Waals surface area contributed by atoms with Crippen molar-refractivity contribution in [3.8, 4) is 5.75 Å². The van der Waals surface area contributed by atoms with E-state index in [9.17, 15) is 0 Å². The van der Waals surface area contributed by atoms with Crippen LogP contribution in [0.5, 0.6) is 5.75 Å². The first-order valence-electron chi connectivity index (χ1n) is 6.90. The van der Waals surface area contributed by atoms with Crippen molar-refractivity contribution in [1.29, 1.82) is 0 Å². The van der Waals surface area contributed by atoms with E-state index in [0.29, 0.717) is 13.2 Å². The van der Waals surface area contributed by atoms with Gasteiger partial charge >= 0.3 is 0 Å². The molecule has 1 aromatic carbocycles. The van der Waals surface area contributed by atoms with Gasteiger partial charge in [-0.3, -0.25) is 0 Å². The lowest BCUT2D eigenvalue weighted by Gasteiger charge is -2.16. The lowest BCUT2D eigenvalue weighted by atomic mass is 10.0. The number of rotatable bonds is 7. The maximum absolute atomic E-state index is 5.34. The molecule has 0 aliphatic rings. The third kappa shape index (κ3) is 4.24. The fourth-order valence-corrected chi connectivity index (χ4v) is 2.14. The zero-order valence-electron chi connectivity index (χ0n) is 12.7. The Morgan fingerprint density at radius 2 is 2.10 bits per heavy atom. The van der Waals surface area contributed by atoms with Crippen LogP contribution in [0.4, 0.5) is 0 Å². The lowest BCUT2D eigenvalue weighted by molar-refractivity contribution is 0.181. The summed E-state index contributed by atoms with van der Waals surface area (Å²) >= 11 is 0. The highest BCUT2D eigenvalue weighted by atomic mass is 16.5. The Morgan fingerprint density at radius 1 is 1.24 bits per heavy atom. The van der Waals surface area contributed by atoms with Crippen LogP contribution in [0.15, 0.2) is 36.5 Å². The van der Waals surface area contributed by atoms with E-state index < -0.39 is 0 Å². The van der Waals surface area contributed by atoms with Crippen LogP contribution in [0, 0.1) is 0 Å². The van der Waals surface area contributed by atoms with Gasteiger partial charge in [0.15, 0.2) is 0 Å². The molecular formula is C16H21N3O2. The molecule has 112 valence electrons. The number of nitrogens with zero attached hydrogens (tertiary/aromatic N) is 2. The molecule has 0 fully saturated rings. The Bertz CT molecular complexity index is 561. The third-order valence-corrected chi connectivity index (χ3v) is 3.32. The van der Waals surface area contributed by atoms with Gasteiger partial charge in [-0.15, -0.1) is 0 Å². The van der Waals surface area contributed by atoms with E-state index in [1.807, 2.05) is 18.2 Å². The summed E-state index contributed by atoms with van der Waals surface area (Å²) in [6.45, 7) is 3.34. The van der Waals surface area contributed by atoms with Gasteiger partial charge in [-0.25, -0.2) is 0 Å². The van der Waals surface area contributed by atoms with Crippen LogP contribution in [0.3, 0.4) is 0 Å². The smallest absolute Gasteiger partial charge is 0.124 e. The zero-order chi connectivity index (χ0) is 15.1.